The number of nitrogens with zero attached hydrogens (tertiary/aromatic N) is 2. The number of anilines is 1. The van der Waals surface area contributed by atoms with Crippen molar-refractivity contribution in [2.75, 3.05) is 51.8 Å². The maximum atomic E-state index is 5.67. The van der Waals surface area contributed by atoms with Gasteiger partial charge >= 0.3 is 0 Å². The van der Waals surface area contributed by atoms with E-state index in [0.29, 0.717) is 12.5 Å². The summed E-state index contributed by atoms with van der Waals surface area (Å²) in [5.41, 5.74) is 2.57. The summed E-state index contributed by atoms with van der Waals surface area (Å²) in [6, 6.07) is 16.8. The van der Waals surface area contributed by atoms with Crippen LogP contribution in [-0.2, 0) is 6.42 Å². The van der Waals surface area contributed by atoms with Crippen molar-refractivity contribution in [3.63, 3.8) is 0 Å². The van der Waals surface area contributed by atoms with Gasteiger partial charge in [0.2, 0.25) is 0 Å². The average Bonchev–Trinajstić information content (AvgIpc) is 3.29. The summed E-state index contributed by atoms with van der Waals surface area (Å²) >= 11 is 0. The summed E-state index contributed by atoms with van der Waals surface area (Å²) in [6.45, 7) is 6.64. The number of para-hydroxylation sites is 1. The van der Waals surface area contributed by atoms with Gasteiger partial charge in [-0.3, -0.25) is 4.99 Å². The fourth-order valence-electron chi connectivity index (χ4n) is 3.98. The molecule has 7 heteroatoms. The van der Waals surface area contributed by atoms with Crippen molar-refractivity contribution in [2.24, 2.45) is 10.9 Å². The highest BCUT2D eigenvalue weighted by Gasteiger charge is 2.22. The van der Waals surface area contributed by atoms with Gasteiger partial charge in [0.15, 0.2) is 17.5 Å². The van der Waals surface area contributed by atoms with Crippen molar-refractivity contribution in [3.05, 3.63) is 54.1 Å². The van der Waals surface area contributed by atoms with Crippen molar-refractivity contribution in [2.45, 2.75) is 26.2 Å². The van der Waals surface area contributed by atoms with Crippen LogP contribution in [0.5, 0.6) is 11.5 Å². The molecule has 3 rings (SSSR count). The van der Waals surface area contributed by atoms with Gasteiger partial charge in [0, 0.05) is 38.9 Å². The molecule has 1 aliphatic rings. The van der Waals surface area contributed by atoms with Crippen molar-refractivity contribution in [1.29, 1.82) is 0 Å². The van der Waals surface area contributed by atoms with E-state index in [9.17, 15) is 0 Å². The number of halogens is 1. The smallest absolute Gasteiger partial charge is 0.190 e. The molecule has 1 saturated heterocycles. The van der Waals surface area contributed by atoms with Gasteiger partial charge in [-0.1, -0.05) is 24.3 Å². The van der Waals surface area contributed by atoms with Gasteiger partial charge in [0.05, 0.1) is 13.7 Å². The molecular formula is C25H37IN4O2. The first kappa shape index (κ1) is 26.1. The van der Waals surface area contributed by atoms with E-state index < -0.39 is 0 Å². The van der Waals surface area contributed by atoms with Crippen molar-refractivity contribution in [1.82, 2.24) is 10.6 Å². The minimum Gasteiger partial charge on any atom is -0.493 e. The summed E-state index contributed by atoms with van der Waals surface area (Å²) in [7, 11) is 3.50. The Kier molecular flexibility index (Phi) is 11.5. The van der Waals surface area contributed by atoms with Crippen LogP contribution in [0.1, 0.15) is 25.3 Å². The van der Waals surface area contributed by atoms with Crippen LogP contribution in [0.15, 0.2) is 53.5 Å². The Morgan fingerprint density at radius 1 is 1.12 bits per heavy atom. The minimum atomic E-state index is 0. The van der Waals surface area contributed by atoms with Crippen LogP contribution in [0.2, 0.25) is 0 Å². The fraction of sp³-hybridized carbons (Fsp3) is 0.480. The average molecular weight is 553 g/mol. The molecule has 2 N–H and O–H groups in total. The van der Waals surface area contributed by atoms with Crippen LogP contribution < -0.4 is 25.0 Å². The van der Waals surface area contributed by atoms with Crippen LogP contribution in [0, 0.1) is 5.92 Å². The quantitative estimate of drug-likeness (QED) is 0.199. The molecule has 6 nitrogen and oxygen atoms in total. The van der Waals surface area contributed by atoms with Gasteiger partial charge in [-0.2, -0.15) is 0 Å². The topological polar surface area (TPSA) is 58.1 Å². The fourth-order valence-corrected chi connectivity index (χ4v) is 3.98. The molecule has 0 saturated carbocycles. The Morgan fingerprint density at radius 2 is 1.94 bits per heavy atom. The Labute approximate surface area is 209 Å². The van der Waals surface area contributed by atoms with Crippen molar-refractivity contribution >= 4 is 35.6 Å². The Bertz CT molecular complexity index is 832. The number of hydrogen-bond donors (Lipinski definition) is 2. The first-order valence-electron chi connectivity index (χ1n) is 11.3. The van der Waals surface area contributed by atoms with E-state index in [1.54, 1.807) is 7.11 Å². The molecule has 0 amide bonds. The highest BCUT2D eigenvalue weighted by atomic mass is 127. The summed E-state index contributed by atoms with van der Waals surface area (Å²) in [6.07, 6.45) is 3.20. The van der Waals surface area contributed by atoms with Gasteiger partial charge in [-0.25, -0.2) is 0 Å². The van der Waals surface area contributed by atoms with Crippen LogP contribution in [0.4, 0.5) is 5.69 Å². The number of rotatable bonds is 10. The second kappa shape index (κ2) is 14.1. The summed E-state index contributed by atoms with van der Waals surface area (Å²) in [5.74, 6) is 3.11. The zero-order valence-electron chi connectivity index (χ0n) is 19.5. The molecule has 32 heavy (non-hydrogen) atoms. The number of guanidine groups is 1. The van der Waals surface area contributed by atoms with Gasteiger partial charge in [0.25, 0.3) is 0 Å². The second-order valence-electron chi connectivity index (χ2n) is 7.84. The lowest BCUT2D eigenvalue weighted by atomic mass is 10.1. The SMILES string of the molecule is CCOc1cc(CCCNC(=NC)NCC2CCN(c3ccccc3)C2)ccc1OC.I. The summed E-state index contributed by atoms with van der Waals surface area (Å²) in [5, 5.41) is 6.94. The van der Waals surface area contributed by atoms with E-state index in [-0.39, 0.29) is 24.0 Å². The molecule has 1 unspecified atom stereocenters. The van der Waals surface area contributed by atoms with E-state index in [2.05, 4.69) is 63.0 Å². The first-order valence-corrected chi connectivity index (χ1v) is 11.3. The minimum absolute atomic E-state index is 0. The highest BCUT2D eigenvalue weighted by molar-refractivity contribution is 14.0. The molecule has 0 aromatic heterocycles. The third kappa shape index (κ3) is 7.76. The third-order valence-electron chi connectivity index (χ3n) is 5.65. The number of benzene rings is 2. The predicted octanol–water partition coefficient (Wildman–Crippen LogP) is 4.34. The highest BCUT2D eigenvalue weighted by Crippen LogP contribution is 2.28. The maximum Gasteiger partial charge on any atom is 0.190 e. The van der Waals surface area contributed by atoms with Crippen LogP contribution in [0.25, 0.3) is 0 Å². The van der Waals surface area contributed by atoms with E-state index in [1.165, 1.54) is 17.7 Å². The molecule has 2 aromatic rings. The lowest BCUT2D eigenvalue weighted by Crippen LogP contribution is -2.40. The zero-order chi connectivity index (χ0) is 21.9. The standard InChI is InChI=1S/C25H36N4O2.HI/c1-4-31-24-17-20(12-13-23(24)30-3)9-8-15-27-25(26-2)28-18-21-14-16-29(19-21)22-10-6-5-7-11-22;/h5-7,10-13,17,21H,4,8-9,14-16,18-19H2,1-3H3,(H2,26,27,28);1H. The first-order chi connectivity index (χ1) is 15.2. The number of aryl methyl sites for hydroxylation is 1. The number of hydrogen-bond acceptors (Lipinski definition) is 4. The Hall–Kier alpha value is -2.16. The predicted molar refractivity (Wildman–Crippen MR) is 144 cm³/mol. The van der Waals surface area contributed by atoms with E-state index >= 15 is 0 Å². The molecule has 0 radical (unpaired) electrons. The van der Waals surface area contributed by atoms with E-state index in [0.717, 1.165) is 56.5 Å². The Morgan fingerprint density at radius 3 is 2.66 bits per heavy atom. The van der Waals surface area contributed by atoms with Gasteiger partial charge in [-0.15, -0.1) is 24.0 Å². The van der Waals surface area contributed by atoms with E-state index in [1.807, 2.05) is 20.0 Å². The van der Waals surface area contributed by atoms with Crippen molar-refractivity contribution in [3.8, 4) is 11.5 Å². The molecule has 1 fully saturated rings. The molecule has 1 atom stereocenters. The summed E-state index contributed by atoms with van der Waals surface area (Å²) in [4.78, 5) is 6.84. The largest absolute Gasteiger partial charge is 0.493 e. The molecule has 0 aliphatic carbocycles. The second-order valence-corrected chi connectivity index (χ2v) is 7.84. The Balaban J connectivity index is 0.00000363. The molecule has 2 aromatic carbocycles. The molecular weight excluding hydrogens is 515 g/mol. The van der Waals surface area contributed by atoms with Crippen LogP contribution in [-0.4, -0.2) is 52.9 Å². The normalized spacial score (nSPS) is 15.8. The monoisotopic (exact) mass is 552 g/mol. The van der Waals surface area contributed by atoms with E-state index in [4.69, 9.17) is 9.47 Å². The molecule has 176 valence electrons. The third-order valence-corrected chi connectivity index (χ3v) is 5.65. The van der Waals surface area contributed by atoms with Crippen LogP contribution >= 0.6 is 24.0 Å². The molecule has 1 aliphatic heterocycles. The lowest BCUT2D eigenvalue weighted by molar-refractivity contribution is 0.310. The van der Waals surface area contributed by atoms with Gasteiger partial charge in [0.1, 0.15) is 0 Å². The maximum absolute atomic E-state index is 5.67. The van der Waals surface area contributed by atoms with Gasteiger partial charge < -0.3 is 25.0 Å². The number of aliphatic imine (C=N–C) groups is 1. The van der Waals surface area contributed by atoms with Gasteiger partial charge in [-0.05, 0) is 61.9 Å². The lowest BCUT2D eigenvalue weighted by Gasteiger charge is -2.19. The zero-order valence-corrected chi connectivity index (χ0v) is 21.8. The van der Waals surface area contributed by atoms with Crippen LogP contribution in [0.3, 0.4) is 0 Å². The number of ether oxygens (including phenoxy) is 2. The number of nitrogens with one attached hydrogen (secondary N) is 2. The molecule has 0 spiro atoms. The number of methoxy groups -OCH3 is 1. The summed E-state index contributed by atoms with van der Waals surface area (Å²) < 4.78 is 11.0. The molecule has 0 bridgehead atoms. The van der Waals surface area contributed by atoms with Crippen molar-refractivity contribution < 1.29 is 9.47 Å². The molecule has 1 heterocycles.